The van der Waals surface area contributed by atoms with Gasteiger partial charge in [-0.05, 0) is 33.5 Å². The van der Waals surface area contributed by atoms with Gasteiger partial charge in [0.05, 0.1) is 31.3 Å². The Bertz CT molecular complexity index is 820. The summed E-state index contributed by atoms with van der Waals surface area (Å²) in [6, 6.07) is 3.17. The van der Waals surface area contributed by atoms with Crippen LogP contribution in [0.1, 0.15) is 25.3 Å². The number of nitro benzene ring substituents is 1. The lowest BCUT2D eigenvalue weighted by molar-refractivity contribution is -0.384. The highest BCUT2D eigenvalue weighted by molar-refractivity contribution is 9.10. The number of carbonyl (C=O) groups excluding carboxylic acids is 2. The second kappa shape index (κ2) is 8.49. The fourth-order valence-corrected chi connectivity index (χ4v) is 3.35. The van der Waals surface area contributed by atoms with E-state index >= 15 is 0 Å². The number of nitrogens with zero attached hydrogens (tertiary/aromatic N) is 2. The third kappa shape index (κ3) is 4.11. The third-order valence-corrected chi connectivity index (χ3v) is 4.64. The van der Waals surface area contributed by atoms with Gasteiger partial charge in [0.25, 0.3) is 5.69 Å². The van der Waals surface area contributed by atoms with Gasteiger partial charge in [0.15, 0.2) is 0 Å². The summed E-state index contributed by atoms with van der Waals surface area (Å²) >= 11 is 3.35. The number of methoxy groups -OCH3 is 2. The molecule has 1 aromatic carbocycles. The third-order valence-electron chi connectivity index (χ3n) is 4.03. The van der Waals surface area contributed by atoms with Gasteiger partial charge in [-0.25, -0.2) is 9.59 Å². The lowest BCUT2D eigenvalue weighted by atomic mass is 10.0. The van der Waals surface area contributed by atoms with Crippen molar-refractivity contribution < 1.29 is 28.7 Å². The molecule has 1 aliphatic rings. The predicted octanol–water partition coefficient (Wildman–Crippen LogP) is 2.87. The van der Waals surface area contributed by atoms with Gasteiger partial charge in [-0.2, -0.15) is 0 Å². The van der Waals surface area contributed by atoms with Gasteiger partial charge >= 0.3 is 11.9 Å². The molecule has 146 valence electrons. The van der Waals surface area contributed by atoms with E-state index in [-0.39, 0.29) is 41.9 Å². The Hall–Kier alpha value is -2.46. The van der Waals surface area contributed by atoms with Crippen molar-refractivity contribution in [1.82, 2.24) is 0 Å². The minimum Gasteiger partial charge on any atom is -0.466 e. The number of ether oxygens (including phenoxy) is 3. The van der Waals surface area contributed by atoms with Crippen molar-refractivity contribution in [3.8, 4) is 0 Å². The van der Waals surface area contributed by atoms with Crippen LogP contribution in [0.25, 0.3) is 0 Å². The van der Waals surface area contributed by atoms with Crippen molar-refractivity contribution in [2.75, 3.05) is 32.5 Å². The summed E-state index contributed by atoms with van der Waals surface area (Å²) in [5.41, 5.74) is 0.364. The van der Waals surface area contributed by atoms with E-state index in [1.165, 1.54) is 18.1 Å². The highest BCUT2D eigenvalue weighted by atomic mass is 79.9. The topological polar surface area (TPSA) is 108 Å². The first-order valence-electron chi connectivity index (χ1n) is 7.95. The van der Waals surface area contributed by atoms with Crippen LogP contribution in [0, 0.1) is 10.1 Å². The molecule has 0 N–H and O–H groups in total. The fraction of sp³-hybridized carbons (Fsp3) is 0.412. The lowest BCUT2D eigenvalue weighted by Crippen LogP contribution is -2.39. The van der Waals surface area contributed by atoms with Gasteiger partial charge in [0, 0.05) is 10.5 Å². The molecule has 2 rings (SSSR count). The second-order valence-corrected chi connectivity index (χ2v) is 6.85. The molecular formula is C17H19BrN2O7. The van der Waals surface area contributed by atoms with Crippen LogP contribution in [0.15, 0.2) is 27.9 Å². The predicted molar refractivity (Wildman–Crippen MR) is 99.2 cm³/mol. The second-order valence-electron chi connectivity index (χ2n) is 6.00. The van der Waals surface area contributed by atoms with E-state index in [9.17, 15) is 19.7 Å². The minimum atomic E-state index is -0.826. The molecule has 0 amide bonds. The maximum absolute atomic E-state index is 12.4. The molecule has 0 unspecified atom stereocenters. The molecule has 0 atom stereocenters. The summed E-state index contributed by atoms with van der Waals surface area (Å²) in [4.78, 5) is 36.9. The lowest BCUT2D eigenvalue weighted by Gasteiger charge is -2.31. The van der Waals surface area contributed by atoms with Crippen LogP contribution in [-0.4, -0.2) is 44.4 Å². The number of halogens is 1. The molecule has 1 aliphatic heterocycles. The van der Waals surface area contributed by atoms with E-state index < -0.39 is 16.9 Å². The zero-order valence-electron chi connectivity index (χ0n) is 15.3. The standard InChI is InChI=1S/C17H19BrN2O7/c1-9(2)10-5-12(18)15(13(6-10)20(23)24)19-8-27-7-11(16(21)25-3)14(19)17(22)26-4/h5-6,9H,7-8H2,1-4H3. The molecular weight excluding hydrogens is 424 g/mol. The Morgan fingerprint density at radius 2 is 1.89 bits per heavy atom. The quantitative estimate of drug-likeness (QED) is 0.389. The van der Waals surface area contributed by atoms with E-state index in [1.807, 2.05) is 13.8 Å². The monoisotopic (exact) mass is 442 g/mol. The molecule has 0 fully saturated rings. The smallest absolute Gasteiger partial charge is 0.355 e. The molecule has 0 bridgehead atoms. The van der Waals surface area contributed by atoms with Gasteiger partial charge < -0.3 is 19.1 Å². The van der Waals surface area contributed by atoms with Crippen LogP contribution >= 0.6 is 15.9 Å². The van der Waals surface area contributed by atoms with E-state index in [0.717, 1.165) is 12.7 Å². The zero-order valence-corrected chi connectivity index (χ0v) is 16.9. The summed E-state index contributed by atoms with van der Waals surface area (Å²) in [5, 5.41) is 11.7. The summed E-state index contributed by atoms with van der Waals surface area (Å²) in [6.07, 6.45) is 0. The van der Waals surface area contributed by atoms with Gasteiger partial charge in [0.2, 0.25) is 0 Å². The molecule has 0 saturated heterocycles. The number of carbonyl (C=O) groups is 2. The number of anilines is 1. The molecule has 1 aromatic rings. The first-order valence-corrected chi connectivity index (χ1v) is 8.75. The average molecular weight is 443 g/mol. The molecule has 0 radical (unpaired) electrons. The highest BCUT2D eigenvalue weighted by Gasteiger charge is 2.36. The number of hydrogen-bond acceptors (Lipinski definition) is 8. The maximum atomic E-state index is 12.4. The fourth-order valence-electron chi connectivity index (χ4n) is 2.66. The Kier molecular flexibility index (Phi) is 6.55. The normalized spacial score (nSPS) is 14.4. The Morgan fingerprint density at radius 1 is 1.26 bits per heavy atom. The van der Waals surface area contributed by atoms with Gasteiger partial charge in [-0.1, -0.05) is 13.8 Å². The van der Waals surface area contributed by atoms with Crippen molar-refractivity contribution in [1.29, 1.82) is 0 Å². The van der Waals surface area contributed by atoms with Gasteiger partial charge in [-0.15, -0.1) is 0 Å². The van der Waals surface area contributed by atoms with Crippen LogP contribution in [0.4, 0.5) is 11.4 Å². The Balaban J connectivity index is 2.76. The largest absolute Gasteiger partial charge is 0.466 e. The molecule has 9 nitrogen and oxygen atoms in total. The summed E-state index contributed by atoms with van der Waals surface area (Å²) in [5.74, 6) is -1.56. The molecule has 0 aliphatic carbocycles. The van der Waals surface area contributed by atoms with Crippen molar-refractivity contribution in [2.24, 2.45) is 0 Å². The Labute approximate surface area is 164 Å². The van der Waals surface area contributed by atoms with Crippen LogP contribution in [0.3, 0.4) is 0 Å². The van der Waals surface area contributed by atoms with Gasteiger partial charge in [0.1, 0.15) is 18.1 Å². The van der Waals surface area contributed by atoms with E-state index in [4.69, 9.17) is 14.2 Å². The van der Waals surface area contributed by atoms with Crippen molar-refractivity contribution in [2.45, 2.75) is 19.8 Å². The minimum absolute atomic E-state index is 0.0490. The summed E-state index contributed by atoms with van der Waals surface area (Å²) in [7, 11) is 2.32. The summed E-state index contributed by atoms with van der Waals surface area (Å²) in [6.45, 7) is 3.46. The molecule has 0 saturated carbocycles. The molecule has 0 aromatic heterocycles. The van der Waals surface area contributed by atoms with E-state index in [0.29, 0.717) is 4.47 Å². The zero-order chi connectivity index (χ0) is 20.3. The van der Waals surface area contributed by atoms with Crippen molar-refractivity contribution >= 4 is 39.2 Å². The number of rotatable bonds is 5. The first-order chi connectivity index (χ1) is 12.7. The highest BCUT2D eigenvalue weighted by Crippen LogP contribution is 2.41. The van der Waals surface area contributed by atoms with Crippen LogP contribution in [0.5, 0.6) is 0 Å². The molecule has 10 heteroatoms. The maximum Gasteiger partial charge on any atom is 0.355 e. The SMILES string of the molecule is COC(=O)C1=C(C(=O)OC)N(c2c(Br)cc(C(C)C)cc2[N+](=O)[O-])COC1. The summed E-state index contributed by atoms with van der Waals surface area (Å²) < 4.78 is 15.2. The first kappa shape index (κ1) is 20.8. The number of benzene rings is 1. The van der Waals surface area contributed by atoms with Crippen LogP contribution < -0.4 is 4.90 Å². The van der Waals surface area contributed by atoms with Crippen molar-refractivity contribution in [3.05, 3.63) is 43.6 Å². The van der Waals surface area contributed by atoms with E-state index in [1.54, 1.807) is 6.07 Å². The van der Waals surface area contributed by atoms with Gasteiger partial charge in [-0.3, -0.25) is 10.1 Å². The molecule has 1 heterocycles. The van der Waals surface area contributed by atoms with E-state index in [2.05, 4.69) is 15.9 Å². The van der Waals surface area contributed by atoms with Crippen LogP contribution in [-0.2, 0) is 23.8 Å². The molecule has 27 heavy (non-hydrogen) atoms. The number of nitro groups is 1. The van der Waals surface area contributed by atoms with Crippen LogP contribution in [0.2, 0.25) is 0 Å². The van der Waals surface area contributed by atoms with Crippen molar-refractivity contribution in [3.63, 3.8) is 0 Å². The number of esters is 2. The average Bonchev–Trinajstić information content (AvgIpc) is 2.65. The molecule has 0 spiro atoms. The Morgan fingerprint density at radius 3 is 2.41 bits per heavy atom. The number of hydrogen-bond donors (Lipinski definition) is 0.